The third-order valence-electron chi connectivity index (χ3n) is 4.75. The van der Waals surface area contributed by atoms with Crippen LogP contribution in [0.15, 0.2) is 30.3 Å². The molecule has 0 bridgehead atoms. The third-order valence-corrected chi connectivity index (χ3v) is 4.75. The molecule has 0 fully saturated rings. The standard InChI is InChI=1S/C22H34N2O6/c1-5-9-19(24(28)15-25)18(14-16(2)3)21(26)23-20(17-10-7-6-8-11-17)22(27)30-13-12-29-4/h6-8,10-11,15-16,18-20,28H,5,9,12-14H2,1-4H3,(H,23,26)/t18-,19+,20+/m1/s1. The van der Waals surface area contributed by atoms with Gasteiger partial charge in [0.05, 0.1) is 18.6 Å². The molecule has 0 heterocycles. The first kappa shape index (κ1) is 25.6. The Labute approximate surface area is 178 Å². The van der Waals surface area contributed by atoms with Crippen LogP contribution in [0.3, 0.4) is 0 Å². The Bertz CT molecular complexity index is 652. The fourth-order valence-electron chi connectivity index (χ4n) is 3.32. The Morgan fingerprint density at radius 2 is 1.87 bits per heavy atom. The minimum Gasteiger partial charge on any atom is -0.461 e. The summed E-state index contributed by atoms with van der Waals surface area (Å²) < 4.78 is 10.1. The smallest absolute Gasteiger partial charge is 0.333 e. The van der Waals surface area contributed by atoms with E-state index >= 15 is 0 Å². The number of ether oxygens (including phenoxy) is 2. The molecule has 0 aliphatic heterocycles. The van der Waals surface area contributed by atoms with Gasteiger partial charge in [-0.3, -0.25) is 14.8 Å². The van der Waals surface area contributed by atoms with Gasteiger partial charge in [0.1, 0.15) is 6.61 Å². The number of esters is 1. The van der Waals surface area contributed by atoms with Gasteiger partial charge in [0, 0.05) is 7.11 Å². The highest BCUT2D eigenvalue weighted by atomic mass is 16.6. The largest absolute Gasteiger partial charge is 0.461 e. The van der Waals surface area contributed by atoms with Crippen LogP contribution in [0.4, 0.5) is 0 Å². The number of nitrogens with zero attached hydrogens (tertiary/aromatic N) is 1. The molecule has 0 unspecified atom stereocenters. The quantitative estimate of drug-likeness (QED) is 0.157. The van der Waals surface area contributed by atoms with Crippen LogP contribution in [0.2, 0.25) is 0 Å². The van der Waals surface area contributed by atoms with Crippen LogP contribution in [0.5, 0.6) is 0 Å². The van der Waals surface area contributed by atoms with E-state index < -0.39 is 29.9 Å². The summed E-state index contributed by atoms with van der Waals surface area (Å²) in [6.07, 6.45) is 1.89. The number of nitrogens with one attached hydrogen (secondary N) is 1. The van der Waals surface area contributed by atoms with Crippen molar-refractivity contribution in [1.82, 2.24) is 10.4 Å². The fourth-order valence-corrected chi connectivity index (χ4v) is 3.32. The normalized spacial score (nSPS) is 13.9. The molecule has 1 aromatic carbocycles. The van der Waals surface area contributed by atoms with E-state index in [9.17, 15) is 19.6 Å². The number of amides is 2. The maximum absolute atomic E-state index is 13.2. The average Bonchev–Trinajstić information content (AvgIpc) is 2.74. The number of methoxy groups -OCH3 is 1. The maximum Gasteiger partial charge on any atom is 0.333 e. The summed E-state index contributed by atoms with van der Waals surface area (Å²) in [6.45, 7) is 6.14. The van der Waals surface area contributed by atoms with Crippen LogP contribution in [0.1, 0.15) is 51.6 Å². The average molecular weight is 423 g/mol. The Balaban J connectivity index is 3.13. The van der Waals surface area contributed by atoms with E-state index in [1.165, 1.54) is 7.11 Å². The molecular weight excluding hydrogens is 388 g/mol. The number of carbonyl (C=O) groups excluding carboxylic acids is 3. The van der Waals surface area contributed by atoms with E-state index in [1.54, 1.807) is 24.3 Å². The Hall–Kier alpha value is -2.45. The zero-order valence-electron chi connectivity index (χ0n) is 18.2. The highest BCUT2D eigenvalue weighted by molar-refractivity contribution is 5.87. The Morgan fingerprint density at radius 1 is 1.20 bits per heavy atom. The number of benzene rings is 1. The molecule has 0 spiro atoms. The molecule has 3 atom stereocenters. The lowest BCUT2D eigenvalue weighted by Gasteiger charge is -2.32. The summed E-state index contributed by atoms with van der Waals surface area (Å²) in [5.41, 5.74) is 0.583. The van der Waals surface area contributed by atoms with Gasteiger partial charge < -0.3 is 14.8 Å². The minimum absolute atomic E-state index is 0.0674. The van der Waals surface area contributed by atoms with Gasteiger partial charge in [0.2, 0.25) is 12.3 Å². The number of hydrogen-bond donors (Lipinski definition) is 2. The van der Waals surface area contributed by atoms with Crippen LogP contribution in [-0.4, -0.2) is 54.9 Å². The van der Waals surface area contributed by atoms with Gasteiger partial charge in [0.25, 0.3) is 0 Å². The Kier molecular flexibility index (Phi) is 11.7. The van der Waals surface area contributed by atoms with Gasteiger partial charge in [-0.25, -0.2) is 9.86 Å². The molecule has 0 aromatic heterocycles. The molecule has 0 saturated heterocycles. The monoisotopic (exact) mass is 422 g/mol. The second-order valence-electron chi connectivity index (χ2n) is 7.59. The molecule has 2 N–H and O–H groups in total. The topological polar surface area (TPSA) is 105 Å². The van der Waals surface area contributed by atoms with Crippen LogP contribution < -0.4 is 5.32 Å². The number of hydrogen-bond acceptors (Lipinski definition) is 6. The van der Waals surface area contributed by atoms with Gasteiger partial charge in [-0.05, 0) is 24.3 Å². The van der Waals surface area contributed by atoms with Crippen molar-refractivity contribution in [3.05, 3.63) is 35.9 Å². The zero-order chi connectivity index (χ0) is 22.5. The molecule has 0 saturated carbocycles. The summed E-state index contributed by atoms with van der Waals surface area (Å²) in [6, 6.07) is 7.12. The van der Waals surface area contributed by atoms with Crippen molar-refractivity contribution in [2.24, 2.45) is 11.8 Å². The number of carbonyl (C=O) groups is 3. The van der Waals surface area contributed by atoms with Crippen LogP contribution in [-0.2, 0) is 23.9 Å². The lowest BCUT2D eigenvalue weighted by molar-refractivity contribution is -0.170. The van der Waals surface area contributed by atoms with E-state index in [0.717, 1.165) is 0 Å². The van der Waals surface area contributed by atoms with Crippen molar-refractivity contribution in [2.45, 2.75) is 52.1 Å². The second-order valence-corrected chi connectivity index (χ2v) is 7.59. The first-order chi connectivity index (χ1) is 14.3. The SMILES string of the molecule is CCC[C@@H]([C@@H](CC(C)C)C(=O)N[C@H](C(=O)OCCOC)c1ccccc1)N(O)C=O. The molecule has 168 valence electrons. The maximum atomic E-state index is 13.2. The summed E-state index contributed by atoms with van der Waals surface area (Å²) >= 11 is 0. The van der Waals surface area contributed by atoms with E-state index in [1.807, 2.05) is 26.8 Å². The van der Waals surface area contributed by atoms with E-state index in [2.05, 4.69) is 5.32 Å². The van der Waals surface area contributed by atoms with E-state index in [4.69, 9.17) is 9.47 Å². The van der Waals surface area contributed by atoms with Crippen molar-refractivity contribution in [2.75, 3.05) is 20.3 Å². The number of rotatable bonds is 14. The predicted molar refractivity (Wildman–Crippen MR) is 111 cm³/mol. The molecule has 0 aliphatic carbocycles. The molecule has 2 amide bonds. The predicted octanol–water partition coefficient (Wildman–Crippen LogP) is 2.71. The van der Waals surface area contributed by atoms with Gasteiger partial charge in [0.15, 0.2) is 6.04 Å². The molecular formula is C22H34N2O6. The third kappa shape index (κ3) is 8.12. The first-order valence-electron chi connectivity index (χ1n) is 10.3. The van der Waals surface area contributed by atoms with Crippen LogP contribution in [0, 0.1) is 11.8 Å². The van der Waals surface area contributed by atoms with Gasteiger partial charge >= 0.3 is 5.97 Å². The van der Waals surface area contributed by atoms with Gasteiger partial charge in [-0.2, -0.15) is 0 Å². The molecule has 1 rings (SSSR count). The molecule has 0 radical (unpaired) electrons. The second kappa shape index (κ2) is 13.7. The summed E-state index contributed by atoms with van der Waals surface area (Å²) in [5.74, 6) is -1.55. The first-order valence-corrected chi connectivity index (χ1v) is 10.3. The molecule has 0 aliphatic rings. The molecule has 30 heavy (non-hydrogen) atoms. The van der Waals surface area contributed by atoms with Gasteiger partial charge in [-0.15, -0.1) is 0 Å². The molecule has 1 aromatic rings. The van der Waals surface area contributed by atoms with Crippen molar-refractivity contribution in [3.8, 4) is 0 Å². The van der Waals surface area contributed by atoms with Crippen LogP contribution >= 0.6 is 0 Å². The lowest BCUT2D eigenvalue weighted by atomic mass is 9.86. The summed E-state index contributed by atoms with van der Waals surface area (Å²) in [4.78, 5) is 37.1. The van der Waals surface area contributed by atoms with E-state index in [-0.39, 0.29) is 19.1 Å². The van der Waals surface area contributed by atoms with Crippen LogP contribution in [0.25, 0.3) is 0 Å². The van der Waals surface area contributed by atoms with Gasteiger partial charge in [-0.1, -0.05) is 57.5 Å². The molecule has 8 heteroatoms. The van der Waals surface area contributed by atoms with Crippen molar-refractivity contribution in [3.63, 3.8) is 0 Å². The van der Waals surface area contributed by atoms with Crippen molar-refractivity contribution >= 4 is 18.3 Å². The summed E-state index contributed by atoms with van der Waals surface area (Å²) in [5, 5.41) is 13.4. The summed E-state index contributed by atoms with van der Waals surface area (Å²) in [7, 11) is 1.50. The highest BCUT2D eigenvalue weighted by Crippen LogP contribution is 2.24. The number of hydroxylamine groups is 2. The van der Waals surface area contributed by atoms with Crippen molar-refractivity contribution in [1.29, 1.82) is 0 Å². The zero-order valence-corrected chi connectivity index (χ0v) is 18.2. The molecule has 8 nitrogen and oxygen atoms in total. The van der Waals surface area contributed by atoms with Crippen molar-refractivity contribution < 1.29 is 29.1 Å². The lowest BCUT2D eigenvalue weighted by Crippen LogP contribution is -2.48. The Morgan fingerprint density at radius 3 is 2.40 bits per heavy atom. The minimum atomic E-state index is -1.00. The fraction of sp³-hybridized carbons (Fsp3) is 0.591. The van der Waals surface area contributed by atoms with E-state index in [0.29, 0.717) is 36.3 Å². The highest BCUT2D eigenvalue weighted by Gasteiger charge is 2.35.